The predicted molar refractivity (Wildman–Crippen MR) is 42.0 cm³/mol. The Bertz CT molecular complexity index is 198. The van der Waals surface area contributed by atoms with Gasteiger partial charge in [-0.15, -0.1) is 0 Å². The van der Waals surface area contributed by atoms with Crippen LogP contribution in [0.1, 0.15) is 0 Å². The summed E-state index contributed by atoms with van der Waals surface area (Å²) in [4.78, 5) is 0. The number of aliphatic hydroxyl groups excluding tert-OH is 5. The largest absolute Gasteiger partial charge is 0.394 e. The van der Waals surface area contributed by atoms with E-state index in [-0.39, 0.29) is 0 Å². The maximum absolute atomic E-state index is 9.48. The minimum atomic E-state index is -2.33. The van der Waals surface area contributed by atoms with Gasteiger partial charge in [0.05, 0.1) is 13.2 Å². The average molecular weight is 210 g/mol. The second-order valence-electron chi connectivity index (χ2n) is 3.29. The standard InChI is InChI=1S/C7H14O7/c8-1-3-4(10)5(11)7(13,2-9)6(12)14-3/h3-6,8-13H,1-2H2/t3-,4+,5-,6+,7-/m1/s1. The highest BCUT2D eigenvalue weighted by molar-refractivity contribution is 4.99. The Balaban J connectivity index is 2.84. The van der Waals surface area contributed by atoms with Gasteiger partial charge in [0.1, 0.15) is 18.3 Å². The third-order valence-electron chi connectivity index (χ3n) is 2.38. The minimum absolute atomic E-state index is 0.614. The van der Waals surface area contributed by atoms with E-state index < -0.39 is 43.4 Å². The lowest BCUT2D eigenvalue weighted by Crippen LogP contribution is -2.68. The van der Waals surface area contributed by atoms with Crippen LogP contribution in [-0.4, -0.2) is 74.1 Å². The molecule has 0 saturated carbocycles. The predicted octanol–water partition coefficient (Wildman–Crippen LogP) is -3.86. The van der Waals surface area contributed by atoms with Gasteiger partial charge in [-0.3, -0.25) is 0 Å². The van der Waals surface area contributed by atoms with Crippen molar-refractivity contribution in [2.45, 2.75) is 30.2 Å². The molecule has 0 aromatic carbocycles. The monoisotopic (exact) mass is 210 g/mol. The maximum Gasteiger partial charge on any atom is 0.189 e. The fourth-order valence-electron chi connectivity index (χ4n) is 1.33. The van der Waals surface area contributed by atoms with Gasteiger partial charge in [-0.1, -0.05) is 0 Å². The van der Waals surface area contributed by atoms with Gasteiger partial charge in [0, 0.05) is 0 Å². The lowest BCUT2D eigenvalue weighted by molar-refractivity contribution is -0.335. The first-order valence-electron chi connectivity index (χ1n) is 4.11. The van der Waals surface area contributed by atoms with Crippen LogP contribution in [0.4, 0.5) is 0 Å². The van der Waals surface area contributed by atoms with Crippen molar-refractivity contribution in [2.75, 3.05) is 13.2 Å². The zero-order valence-electron chi connectivity index (χ0n) is 7.32. The Hall–Kier alpha value is -0.280. The second kappa shape index (κ2) is 4.07. The zero-order valence-corrected chi connectivity index (χ0v) is 7.32. The number of aliphatic hydroxyl groups is 6. The van der Waals surface area contributed by atoms with Crippen LogP contribution in [-0.2, 0) is 4.74 Å². The summed E-state index contributed by atoms with van der Waals surface area (Å²) >= 11 is 0. The molecule has 0 spiro atoms. The Morgan fingerprint density at radius 3 is 2.14 bits per heavy atom. The van der Waals surface area contributed by atoms with Crippen LogP contribution >= 0.6 is 0 Å². The molecule has 0 bridgehead atoms. The molecule has 0 aromatic rings. The summed E-state index contributed by atoms with van der Waals surface area (Å²) in [5.41, 5.74) is -2.33. The van der Waals surface area contributed by atoms with Gasteiger partial charge >= 0.3 is 0 Å². The fourth-order valence-corrected chi connectivity index (χ4v) is 1.33. The van der Waals surface area contributed by atoms with Gasteiger partial charge in [0.15, 0.2) is 11.9 Å². The maximum atomic E-state index is 9.48. The lowest BCUT2D eigenvalue weighted by Gasteiger charge is -2.44. The first kappa shape index (κ1) is 11.8. The summed E-state index contributed by atoms with van der Waals surface area (Å²) in [5.74, 6) is 0. The summed E-state index contributed by atoms with van der Waals surface area (Å²) in [5, 5.41) is 54.8. The molecule has 1 aliphatic rings. The molecule has 1 heterocycles. The molecule has 7 heteroatoms. The minimum Gasteiger partial charge on any atom is -0.394 e. The lowest BCUT2D eigenvalue weighted by atomic mass is 9.87. The Morgan fingerprint density at radius 2 is 1.71 bits per heavy atom. The Morgan fingerprint density at radius 1 is 1.14 bits per heavy atom. The first-order chi connectivity index (χ1) is 6.47. The summed E-state index contributed by atoms with van der Waals surface area (Å²) in [6.07, 6.45) is -6.40. The van der Waals surface area contributed by atoms with Crippen LogP contribution in [0.3, 0.4) is 0 Å². The van der Waals surface area contributed by atoms with Gasteiger partial charge in [-0.05, 0) is 0 Å². The van der Waals surface area contributed by atoms with E-state index in [2.05, 4.69) is 4.74 Å². The fraction of sp³-hybridized carbons (Fsp3) is 1.00. The molecule has 0 radical (unpaired) electrons. The summed E-state index contributed by atoms with van der Waals surface area (Å²) in [7, 11) is 0. The van der Waals surface area contributed by atoms with E-state index in [1.54, 1.807) is 0 Å². The quantitative estimate of drug-likeness (QED) is 0.275. The molecule has 7 nitrogen and oxygen atoms in total. The summed E-state index contributed by atoms with van der Waals surface area (Å²) in [6.45, 7) is -1.58. The van der Waals surface area contributed by atoms with Crippen LogP contribution in [0.25, 0.3) is 0 Å². The van der Waals surface area contributed by atoms with Gasteiger partial charge in [-0.2, -0.15) is 0 Å². The van der Waals surface area contributed by atoms with E-state index >= 15 is 0 Å². The Labute approximate surface area is 79.8 Å². The van der Waals surface area contributed by atoms with Crippen molar-refractivity contribution in [3.8, 4) is 0 Å². The molecule has 1 aliphatic heterocycles. The SMILES string of the molecule is OC[C@H]1O[C@H](O)[C@@](O)(CO)[C@H](O)[C@H]1O. The van der Waals surface area contributed by atoms with Gasteiger partial charge in [0.2, 0.25) is 0 Å². The van der Waals surface area contributed by atoms with Gasteiger partial charge in [0.25, 0.3) is 0 Å². The van der Waals surface area contributed by atoms with Crippen LogP contribution in [0.5, 0.6) is 0 Å². The molecule has 1 fully saturated rings. The molecule has 14 heavy (non-hydrogen) atoms. The molecule has 5 atom stereocenters. The first-order valence-corrected chi connectivity index (χ1v) is 4.11. The van der Waals surface area contributed by atoms with Crippen molar-refractivity contribution in [1.82, 2.24) is 0 Å². The van der Waals surface area contributed by atoms with Crippen LogP contribution in [0, 0.1) is 0 Å². The van der Waals surface area contributed by atoms with Gasteiger partial charge < -0.3 is 35.4 Å². The van der Waals surface area contributed by atoms with Crippen molar-refractivity contribution in [2.24, 2.45) is 0 Å². The third-order valence-corrected chi connectivity index (χ3v) is 2.38. The van der Waals surface area contributed by atoms with E-state index in [0.717, 1.165) is 0 Å². The number of hydrogen-bond acceptors (Lipinski definition) is 7. The van der Waals surface area contributed by atoms with Crippen molar-refractivity contribution in [3.63, 3.8) is 0 Å². The van der Waals surface area contributed by atoms with Crippen LogP contribution in [0.15, 0.2) is 0 Å². The molecule has 84 valence electrons. The molecule has 0 unspecified atom stereocenters. The molecule has 0 aliphatic carbocycles. The summed E-state index contributed by atoms with van der Waals surface area (Å²) in [6, 6.07) is 0. The van der Waals surface area contributed by atoms with E-state index in [1.165, 1.54) is 0 Å². The van der Waals surface area contributed by atoms with Crippen molar-refractivity contribution in [1.29, 1.82) is 0 Å². The van der Waals surface area contributed by atoms with Crippen molar-refractivity contribution >= 4 is 0 Å². The van der Waals surface area contributed by atoms with E-state index in [9.17, 15) is 20.4 Å². The molecule has 6 N–H and O–H groups in total. The van der Waals surface area contributed by atoms with Crippen molar-refractivity contribution in [3.05, 3.63) is 0 Å². The Kier molecular flexibility index (Phi) is 3.43. The van der Waals surface area contributed by atoms with Crippen molar-refractivity contribution < 1.29 is 35.4 Å². The zero-order chi connectivity index (χ0) is 10.9. The van der Waals surface area contributed by atoms with E-state index in [1.807, 2.05) is 0 Å². The third kappa shape index (κ3) is 1.63. The second-order valence-corrected chi connectivity index (χ2v) is 3.29. The number of hydrogen-bond donors (Lipinski definition) is 6. The van der Waals surface area contributed by atoms with E-state index in [0.29, 0.717) is 0 Å². The normalized spacial score (nSPS) is 49.3. The van der Waals surface area contributed by atoms with Crippen LogP contribution < -0.4 is 0 Å². The molecular formula is C7H14O7. The topological polar surface area (TPSA) is 131 Å². The van der Waals surface area contributed by atoms with Gasteiger partial charge in [-0.25, -0.2) is 0 Å². The highest BCUT2D eigenvalue weighted by atomic mass is 16.6. The molecule has 1 rings (SSSR count). The highest BCUT2D eigenvalue weighted by Crippen LogP contribution is 2.28. The smallest absolute Gasteiger partial charge is 0.189 e. The highest BCUT2D eigenvalue weighted by Gasteiger charge is 2.53. The average Bonchev–Trinajstić information content (AvgIpc) is 2.20. The molecule has 0 amide bonds. The number of rotatable bonds is 2. The molecule has 1 saturated heterocycles. The molecule has 0 aromatic heterocycles. The van der Waals surface area contributed by atoms with Crippen LogP contribution in [0.2, 0.25) is 0 Å². The van der Waals surface area contributed by atoms with E-state index in [4.69, 9.17) is 10.2 Å². The number of ether oxygens (including phenoxy) is 1. The molecular weight excluding hydrogens is 196 g/mol. The summed E-state index contributed by atoms with van der Waals surface area (Å²) < 4.78 is 4.61.